The molecule has 9 heteroatoms. The van der Waals surface area contributed by atoms with Crippen molar-refractivity contribution in [3.05, 3.63) is 63.7 Å². The molecular formula is C21H17ClFN5O2. The van der Waals surface area contributed by atoms with E-state index in [1.165, 1.54) is 12.1 Å². The molecule has 0 spiro atoms. The first-order valence-corrected chi connectivity index (χ1v) is 9.97. The van der Waals surface area contributed by atoms with Gasteiger partial charge < -0.3 is 5.32 Å². The van der Waals surface area contributed by atoms with Gasteiger partial charge >= 0.3 is 0 Å². The Morgan fingerprint density at radius 3 is 2.87 bits per heavy atom. The van der Waals surface area contributed by atoms with Gasteiger partial charge in [-0.1, -0.05) is 11.6 Å². The van der Waals surface area contributed by atoms with Crippen molar-refractivity contribution in [3.8, 4) is 0 Å². The zero-order valence-corrected chi connectivity index (χ0v) is 16.5. The van der Waals surface area contributed by atoms with Gasteiger partial charge in [-0.3, -0.25) is 14.9 Å². The van der Waals surface area contributed by atoms with Gasteiger partial charge in [0.1, 0.15) is 11.6 Å². The Labute approximate surface area is 175 Å². The van der Waals surface area contributed by atoms with Gasteiger partial charge in [0.25, 0.3) is 5.91 Å². The van der Waals surface area contributed by atoms with E-state index in [0.717, 1.165) is 18.7 Å². The van der Waals surface area contributed by atoms with E-state index in [-0.39, 0.29) is 24.6 Å². The summed E-state index contributed by atoms with van der Waals surface area (Å²) in [6.45, 7) is 0. The Morgan fingerprint density at radius 2 is 2.13 bits per heavy atom. The first-order valence-electron chi connectivity index (χ1n) is 9.59. The largest absolute Gasteiger partial charge is 0.367 e. The van der Waals surface area contributed by atoms with Crippen LogP contribution in [0.5, 0.6) is 0 Å². The molecule has 0 unspecified atom stereocenters. The van der Waals surface area contributed by atoms with E-state index in [0.29, 0.717) is 39.1 Å². The maximum atomic E-state index is 14.3. The van der Waals surface area contributed by atoms with E-state index in [2.05, 4.69) is 20.7 Å². The average molecular weight is 426 g/mol. The summed E-state index contributed by atoms with van der Waals surface area (Å²) in [5, 5.41) is 10.5. The molecule has 2 N–H and O–H groups in total. The molecule has 2 amide bonds. The number of rotatable bonds is 5. The molecule has 7 nitrogen and oxygen atoms in total. The number of benzene rings is 1. The summed E-state index contributed by atoms with van der Waals surface area (Å²) in [4.78, 5) is 28.1. The lowest BCUT2D eigenvalue weighted by Crippen LogP contribution is -2.19. The number of amides is 2. The second-order valence-electron chi connectivity index (χ2n) is 7.52. The number of fused-ring (bicyclic) bond motifs is 1. The van der Waals surface area contributed by atoms with Crippen LogP contribution in [0.15, 0.2) is 36.0 Å². The van der Waals surface area contributed by atoms with Crippen molar-refractivity contribution in [2.45, 2.75) is 31.7 Å². The minimum absolute atomic E-state index is 0.0246. The molecule has 0 bridgehead atoms. The minimum Gasteiger partial charge on any atom is -0.367 e. The molecule has 1 saturated carbocycles. The predicted molar refractivity (Wildman–Crippen MR) is 110 cm³/mol. The second kappa shape index (κ2) is 7.21. The van der Waals surface area contributed by atoms with Gasteiger partial charge in [0.05, 0.1) is 18.3 Å². The van der Waals surface area contributed by atoms with Crippen molar-refractivity contribution < 1.29 is 14.0 Å². The molecule has 152 valence electrons. The Hall–Kier alpha value is -3.26. The number of hydrogen-bond donors (Lipinski definition) is 2. The lowest BCUT2D eigenvalue weighted by Gasteiger charge is -2.11. The maximum absolute atomic E-state index is 14.3. The summed E-state index contributed by atoms with van der Waals surface area (Å²) in [5.74, 6) is -0.344. The summed E-state index contributed by atoms with van der Waals surface area (Å²) in [6, 6.07) is 6.65. The molecule has 3 heterocycles. The molecule has 2 aromatic heterocycles. The summed E-state index contributed by atoms with van der Waals surface area (Å²) >= 11 is 6.03. The van der Waals surface area contributed by atoms with Gasteiger partial charge in [-0.15, -0.1) is 0 Å². The Bertz CT molecular complexity index is 1230. The second-order valence-corrected chi connectivity index (χ2v) is 7.96. The molecule has 1 aromatic carbocycles. The van der Waals surface area contributed by atoms with Crippen LogP contribution in [0.3, 0.4) is 0 Å². The van der Waals surface area contributed by atoms with Crippen molar-refractivity contribution in [3.63, 3.8) is 0 Å². The number of aromatic nitrogens is 3. The summed E-state index contributed by atoms with van der Waals surface area (Å²) in [6.07, 6.45) is 5.65. The minimum atomic E-state index is -0.409. The summed E-state index contributed by atoms with van der Waals surface area (Å²) in [5.41, 5.74) is 2.58. The fraction of sp³-hybridized carbons (Fsp3) is 0.238. The first kappa shape index (κ1) is 18.7. The van der Waals surface area contributed by atoms with Crippen molar-refractivity contribution >= 4 is 41.0 Å². The Balaban J connectivity index is 1.59. The van der Waals surface area contributed by atoms with E-state index in [4.69, 9.17) is 11.6 Å². The number of halogens is 2. The van der Waals surface area contributed by atoms with Crippen molar-refractivity contribution in [1.29, 1.82) is 0 Å². The lowest BCUT2D eigenvalue weighted by molar-refractivity contribution is -0.124. The standard InChI is InChI=1S/C21H17ClFN5O2/c22-14-1-4-17(23)11(6-14)7-16-9-18(25-15-2-3-15)28-20(26-16)13(10-24-28)5-12-8-19(29)27-21(12)30/h1,4-6,9-10,15,25H,2-3,7-8H2,(H,27,29,30)/b12-5+. The zero-order valence-electron chi connectivity index (χ0n) is 15.8. The topological polar surface area (TPSA) is 88.4 Å². The fourth-order valence-corrected chi connectivity index (χ4v) is 3.64. The van der Waals surface area contributed by atoms with Crippen LogP contribution in [0.1, 0.15) is 36.1 Å². The quantitative estimate of drug-likeness (QED) is 0.484. The van der Waals surface area contributed by atoms with Crippen LogP contribution in [-0.4, -0.2) is 32.5 Å². The summed E-state index contributed by atoms with van der Waals surface area (Å²) in [7, 11) is 0. The maximum Gasteiger partial charge on any atom is 0.254 e. The number of carbonyl (C=O) groups excluding carboxylic acids is 2. The number of hydrogen-bond acceptors (Lipinski definition) is 5. The third-order valence-corrected chi connectivity index (χ3v) is 5.32. The number of imide groups is 1. The summed E-state index contributed by atoms with van der Waals surface area (Å²) < 4.78 is 15.9. The van der Waals surface area contributed by atoms with Gasteiger partial charge in [0.2, 0.25) is 5.91 Å². The van der Waals surface area contributed by atoms with Crippen molar-refractivity contribution in [1.82, 2.24) is 19.9 Å². The number of nitrogens with zero attached hydrogens (tertiary/aromatic N) is 3. The third-order valence-electron chi connectivity index (χ3n) is 5.09. The predicted octanol–water partition coefficient (Wildman–Crippen LogP) is 3.12. The molecule has 1 saturated heterocycles. The van der Waals surface area contributed by atoms with Gasteiger partial charge in [0, 0.05) is 34.7 Å². The SMILES string of the molecule is O=C1C/C(=C\c2cnn3c(NC4CC4)cc(Cc4cc(Cl)ccc4F)nc23)C(=O)N1. The van der Waals surface area contributed by atoms with Crippen LogP contribution in [0.25, 0.3) is 11.7 Å². The van der Waals surface area contributed by atoms with Crippen LogP contribution in [0.4, 0.5) is 10.2 Å². The van der Waals surface area contributed by atoms with E-state index < -0.39 is 5.91 Å². The van der Waals surface area contributed by atoms with E-state index >= 15 is 0 Å². The Morgan fingerprint density at radius 1 is 1.30 bits per heavy atom. The number of anilines is 1. The molecule has 2 aliphatic rings. The highest BCUT2D eigenvalue weighted by Crippen LogP contribution is 2.28. The van der Waals surface area contributed by atoms with Crippen molar-refractivity contribution in [2.75, 3.05) is 5.32 Å². The molecular weight excluding hydrogens is 409 g/mol. The van der Waals surface area contributed by atoms with Gasteiger partial charge in [-0.25, -0.2) is 9.37 Å². The van der Waals surface area contributed by atoms with Gasteiger partial charge in [-0.2, -0.15) is 9.61 Å². The highest BCUT2D eigenvalue weighted by Gasteiger charge is 2.25. The highest BCUT2D eigenvalue weighted by molar-refractivity contribution is 6.30. The van der Waals surface area contributed by atoms with Crippen molar-refractivity contribution in [2.24, 2.45) is 0 Å². The lowest BCUT2D eigenvalue weighted by atomic mass is 10.1. The smallest absolute Gasteiger partial charge is 0.254 e. The molecule has 3 aromatic rings. The molecule has 1 aliphatic heterocycles. The van der Waals surface area contributed by atoms with Crippen LogP contribution >= 0.6 is 11.6 Å². The molecule has 1 aliphatic carbocycles. The van der Waals surface area contributed by atoms with Gasteiger partial charge in [-0.05, 0) is 42.7 Å². The highest BCUT2D eigenvalue weighted by atomic mass is 35.5. The van der Waals surface area contributed by atoms with Crippen LogP contribution < -0.4 is 10.6 Å². The molecule has 5 rings (SSSR count). The monoisotopic (exact) mass is 425 g/mol. The number of carbonyl (C=O) groups is 2. The first-order chi connectivity index (χ1) is 14.5. The molecule has 0 radical (unpaired) electrons. The normalized spacial score (nSPS) is 17.7. The molecule has 0 atom stereocenters. The van der Waals surface area contributed by atoms with Crippen LogP contribution in [0, 0.1) is 5.82 Å². The van der Waals surface area contributed by atoms with Crippen LogP contribution in [-0.2, 0) is 16.0 Å². The number of nitrogens with one attached hydrogen (secondary N) is 2. The van der Waals surface area contributed by atoms with Gasteiger partial charge in [0.15, 0.2) is 5.65 Å². The average Bonchev–Trinajstić information content (AvgIpc) is 3.34. The van der Waals surface area contributed by atoms with E-state index in [9.17, 15) is 14.0 Å². The molecule has 30 heavy (non-hydrogen) atoms. The molecule has 2 fully saturated rings. The van der Waals surface area contributed by atoms with E-state index in [1.807, 2.05) is 6.07 Å². The van der Waals surface area contributed by atoms with Crippen LogP contribution in [0.2, 0.25) is 5.02 Å². The fourth-order valence-electron chi connectivity index (χ4n) is 3.44. The Kier molecular flexibility index (Phi) is 4.51. The zero-order chi connectivity index (χ0) is 20.8. The third kappa shape index (κ3) is 3.66. The van der Waals surface area contributed by atoms with E-state index in [1.54, 1.807) is 22.9 Å².